The molecule has 1 atom stereocenters. The molecule has 8 nitrogen and oxygen atoms in total. The fourth-order valence-electron chi connectivity index (χ4n) is 3.17. The number of hydrogen-bond donors (Lipinski definition) is 1. The van der Waals surface area contributed by atoms with Gasteiger partial charge in [-0.05, 0) is 44.4 Å². The van der Waals surface area contributed by atoms with E-state index in [2.05, 4.69) is 21.9 Å². The first-order chi connectivity index (χ1) is 13.9. The van der Waals surface area contributed by atoms with E-state index in [-0.39, 0.29) is 16.8 Å². The maximum Gasteiger partial charge on any atom is 0.243 e. The molecule has 1 N–H and O–H groups in total. The van der Waals surface area contributed by atoms with Crippen molar-refractivity contribution in [1.82, 2.24) is 19.6 Å². The van der Waals surface area contributed by atoms with Crippen molar-refractivity contribution < 1.29 is 17.9 Å². The van der Waals surface area contributed by atoms with Gasteiger partial charge in [-0.3, -0.25) is 9.78 Å². The summed E-state index contributed by atoms with van der Waals surface area (Å²) in [7, 11) is -3.68. The van der Waals surface area contributed by atoms with Crippen molar-refractivity contribution in [3.05, 3.63) is 55.0 Å². The third kappa shape index (κ3) is 5.39. The molecule has 2 heterocycles. The number of hydrogen-bond acceptors (Lipinski definition) is 6. The highest BCUT2D eigenvalue weighted by molar-refractivity contribution is 7.89. The van der Waals surface area contributed by atoms with Crippen molar-refractivity contribution in [3.63, 3.8) is 0 Å². The van der Waals surface area contributed by atoms with Gasteiger partial charge in [-0.1, -0.05) is 12.6 Å². The van der Waals surface area contributed by atoms with Gasteiger partial charge in [0.05, 0.1) is 16.8 Å². The summed E-state index contributed by atoms with van der Waals surface area (Å²) in [5.74, 6) is 0.433. The summed E-state index contributed by atoms with van der Waals surface area (Å²) in [6.45, 7) is 5.98. The summed E-state index contributed by atoms with van der Waals surface area (Å²) in [5.41, 5.74) is 0.703. The van der Waals surface area contributed by atoms with Gasteiger partial charge in [0.1, 0.15) is 5.75 Å². The van der Waals surface area contributed by atoms with Gasteiger partial charge in [0.25, 0.3) is 0 Å². The van der Waals surface area contributed by atoms with Crippen LogP contribution in [0.1, 0.15) is 25.0 Å². The summed E-state index contributed by atoms with van der Waals surface area (Å²) in [6, 6.07) is 6.28. The molecule has 1 unspecified atom stereocenters. The molecule has 1 fully saturated rings. The molecule has 0 bridgehead atoms. The van der Waals surface area contributed by atoms with E-state index in [1.165, 1.54) is 22.6 Å². The quantitative estimate of drug-likeness (QED) is 0.726. The van der Waals surface area contributed by atoms with Crippen molar-refractivity contribution in [2.75, 3.05) is 13.1 Å². The lowest BCUT2D eigenvalue weighted by molar-refractivity contribution is -0.117. The summed E-state index contributed by atoms with van der Waals surface area (Å²) >= 11 is 0. The second kappa shape index (κ2) is 9.15. The van der Waals surface area contributed by atoms with Crippen LogP contribution in [0.5, 0.6) is 11.6 Å². The highest BCUT2D eigenvalue weighted by Gasteiger charge is 2.28. The van der Waals surface area contributed by atoms with Crippen molar-refractivity contribution in [2.45, 2.75) is 37.1 Å². The number of amides is 1. The predicted molar refractivity (Wildman–Crippen MR) is 108 cm³/mol. The first-order valence-electron chi connectivity index (χ1n) is 9.38. The van der Waals surface area contributed by atoms with Crippen molar-refractivity contribution in [2.24, 2.45) is 0 Å². The van der Waals surface area contributed by atoms with Crippen LogP contribution in [0.3, 0.4) is 0 Å². The fourth-order valence-corrected chi connectivity index (χ4v) is 4.70. The molecule has 0 spiro atoms. The average molecular weight is 417 g/mol. The highest BCUT2D eigenvalue weighted by Crippen LogP contribution is 2.26. The lowest BCUT2D eigenvalue weighted by atomic mass is 10.1. The summed E-state index contributed by atoms with van der Waals surface area (Å²) in [4.78, 5) is 19.9. The Morgan fingerprint density at radius 3 is 2.90 bits per heavy atom. The fraction of sp³-hybridized carbons (Fsp3) is 0.350. The minimum atomic E-state index is -3.68. The number of ether oxygens (including phenoxy) is 1. The van der Waals surface area contributed by atoms with E-state index in [4.69, 9.17) is 4.74 Å². The van der Waals surface area contributed by atoms with Gasteiger partial charge in [-0.25, -0.2) is 13.4 Å². The number of sulfonamides is 1. The summed E-state index contributed by atoms with van der Waals surface area (Å²) < 4.78 is 33.4. The molecule has 1 saturated heterocycles. The van der Waals surface area contributed by atoms with Crippen molar-refractivity contribution >= 4 is 15.9 Å². The molecule has 0 radical (unpaired) electrons. The maximum absolute atomic E-state index is 13.1. The highest BCUT2D eigenvalue weighted by atomic mass is 32.2. The number of aromatic nitrogens is 2. The molecule has 1 aliphatic heterocycles. The van der Waals surface area contributed by atoms with Crippen LogP contribution in [-0.2, 0) is 14.8 Å². The van der Waals surface area contributed by atoms with Gasteiger partial charge in [-0.2, -0.15) is 4.31 Å². The predicted octanol–water partition coefficient (Wildman–Crippen LogP) is 2.42. The van der Waals surface area contributed by atoms with Gasteiger partial charge in [0.2, 0.25) is 21.8 Å². The van der Waals surface area contributed by atoms with Crippen LogP contribution < -0.4 is 10.1 Å². The lowest BCUT2D eigenvalue weighted by Crippen LogP contribution is -2.36. The number of rotatable bonds is 6. The van der Waals surface area contributed by atoms with Gasteiger partial charge < -0.3 is 10.1 Å². The number of carbonyl (C=O) groups is 1. The summed E-state index contributed by atoms with van der Waals surface area (Å²) in [6.07, 6.45) is 6.24. The number of nitrogens with one attached hydrogen (secondary N) is 1. The van der Waals surface area contributed by atoms with E-state index in [1.807, 2.05) is 0 Å². The van der Waals surface area contributed by atoms with Gasteiger partial charge in [0.15, 0.2) is 0 Å². The third-order valence-electron chi connectivity index (χ3n) is 4.62. The Morgan fingerprint density at radius 1 is 1.31 bits per heavy atom. The van der Waals surface area contributed by atoms with Crippen LogP contribution >= 0.6 is 0 Å². The molecule has 9 heteroatoms. The zero-order valence-electron chi connectivity index (χ0n) is 16.2. The maximum atomic E-state index is 13.1. The third-order valence-corrected chi connectivity index (χ3v) is 6.51. The van der Waals surface area contributed by atoms with E-state index in [0.29, 0.717) is 43.3 Å². The molecule has 1 aromatic heterocycles. The summed E-state index contributed by atoms with van der Waals surface area (Å²) in [5, 5.41) is 2.85. The Hall–Kier alpha value is -2.78. The molecule has 0 aliphatic carbocycles. The number of nitrogens with zero attached hydrogens (tertiary/aromatic N) is 3. The smallest absolute Gasteiger partial charge is 0.243 e. The van der Waals surface area contributed by atoms with E-state index in [1.54, 1.807) is 31.3 Å². The van der Waals surface area contributed by atoms with Crippen LogP contribution in [0.15, 0.2) is 54.2 Å². The van der Waals surface area contributed by atoms with Crippen LogP contribution in [0.2, 0.25) is 0 Å². The molecular weight excluding hydrogens is 392 g/mol. The number of aryl methyl sites for hydroxylation is 1. The molecule has 1 aromatic carbocycles. The first kappa shape index (κ1) is 20.9. The lowest BCUT2D eigenvalue weighted by Gasteiger charge is -2.20. The van der Waals surface area contributed by atoms with Gasteiger partial charge >= 0.3 is 0 Å². The van der Waals surface area contributed by atoms with Crippen molar-refractivity contribution in [1.29, 1.82) is 0 Å². The second-order valence-corrected chi connectivity index (χ2v) is 8.76. The first-order valence-corrected chi connectivity index (χ1v) is 10.8. The standard InChI is InChI=1S/C20H24N4O4S/c1-3-19(25)23-16-6-5-10-24(11-9-16)29(26,27)18-8-4-7-17(12-18)28-20-14-21-13-15(2)22-20/h3-4,7-8,12-14,16H,1,5-6,9-11H2,2H3,(H,23,25). The molecule has 29 heavy (non-hydrogen) atoms. The minimum Gasteiger partial charge on any atom is -0.437 e. The SMILES string of the molecule is C=CC(=O)NC1CCCN(S(=O)(=O)c2cccc(Oc3cncc(C)n3)c2)CC1. The number of carbonyl (C=O) groups excluding carboxylic acids is 1. The molecular formula is C20H24N4O4S. The van der Waals surface area contributed by atoms with Gasteiger partial charge in [0, 0.05) is 31.4 Å². The molecule has 1 aliphatic rings. The Bertz CT molecular complexity index is 993. The molecule has 1 amide bonds. The zero-order valence-corrected chi connectivity index (χ0v) is 17.1. The molecule has 154 valence electrons. The monoisotopic (exact) mass is 416 g/mol. The number of benzene rings is 1. The van der Waals surface area contributed by atoms with Crippen LogP contribution in [0.25, 0.3) is 0 Å². The van der Waals surface area contributed by atoms with Crippen LogP contribution in [-0.4, -0.2) is 47.7 Å². The minimum absolute atomic E-state index is 0.0599. The Labute approximate surface area is 170 Å². The largest absolute Gasteiger partial charge is 0.437 e. The van der Waals surface area contributed by atoms with E-state index < -0.39 is 10.0 Å². The van der Waals surface area contributed by atoms with E-state index >= 15 is 0 Å². The van der Waals surface area contributed by atoms with Crippen LogP contribution in [0, 0.1) is 6.92 Å². The van der Waals surface area contributed by atoms with E-state index in [0.717, 1.165) is 6.42 Å². The molecule has 0 saturated carbocycles. The van der Waals surface area contributed by atoms with Crippen molar-refractivity contribution in [3.8, 4) is 11.6 Å². The van der Waals surface area contributed by atoms with Gasteiger partial charge in [-0.15, -0.1) is 0 Å². The second-order valence-electron chi connectivity index (χ2n) is 6.82. The Kier molecular flexibility index (Phi) is 6.60. The molecule has 2 aromatic rings. The Balaban J connectivity index is 1.73. The van der Waals surface area contributed by atoms with E-state index in [9.17, 15) is 13.2 Å². The topological polar surface area (TPSA) is 101 Å². The average Bonchev–Trinajstić information content (AvgIpc) is 2.94. The van der Waals surface area contributed by atoms with Crippen LogP contribution in [0.4, 0.5) is 0 Å². The molecule has 3 rings (SSSR count). The normalized spacial score (nSPS) is 17.9. The zero-order chi connectivity index (χ0) is 20.9. The Morgan fingerprint density at radius 2 is 2.14 bits per heavy atom.